The normalized spacial score (nSPS) is 11.3. The highest BCUT2D eigenvalue weighted by Crippen LogP contribution is 2.30. The first kappa shape index (κ1) is 22.0. The van der Waals surface area contributed by atoms with E-state index in [4.69, 9.17) is 10.5 Å². The Hall–Kier alpha value is -4.18. The molecule has 3 aromatic carbocycles. The van der Waals surface area contributed by atoms with E-state index in [1.807, 2.05) is 0 Å². The average molecular weight is 453 g/mol. The van der Waals surface area contributed by atoms with Gasteiger partial charge in [0, 0.05) is 24.0 Å². The van der Waals surface area contributed by atoms with Crippen LogP contribution in [0.5, 0.6) is 11.5 Å². The zero-order chi connectivity index (χ0) is 23.4. The van der Waals surface area contributed by atoms with Crippen LogP contribution in [0.2, 0.25) is 0 Å². The number of urea groups is 1. The number of fused-ring (bicyclic) bond motifs is 1. The maximum absolute atomic E-state index is 12.6. The Balaban J connectivity index is 1.37. The Kier molecular flexibility index (Phi) is 6.09. The lowest BCUT2D eigenvalue weighted by atomic mass is 10.2. The van der Waals surface area contributed by atoms with Gasteiger partial charge in [0.1, 0.15) is 11.5 Å². The summed E-state index contributed by atoms with van der Waals surface area (Å²) in [6.45, 7) is 0.287. The number of nitrogens with two attached hydrogens (primary N) is 1. The SMILES string of the molecule is NCc1cnc2ccc(Oc3ccc(NC(=O)Nc4ccc(C(F)(F)F)cc4)cc3)cc2n1. The number of rotatable bonds is 5. The van der Waals surface area contributed by atoms with Crippen molar-refractivity contribution in [1.82, 2.24) is 9.97 Å². The van der Waals surface area contributed by atoms with Crippen molar-refractivity contribution in [2.24, 2.45) is 5.73 Å². The predicted molar refractivity (Wildman–Crippen MR) is 118 cm³/mol. The molecule has 0 aliphatic heterocycles. The molecule has 4 aromatic rings. The van der Waals surface area contributed by atoms with Crippen molar-refractivity contribution in [3.8, 4) is 11.5 Å². The summed E-state index contributed by atoms with van der Waals surface area (Å²) in [6.07, 6.45) is -2.80. The van der Waals surface area contributed by atoms with Crippen LogP contribution in [0.25, 0.3) is 11.0 Å². The topological polar surface area (TPSA) is 102 Å². The van der Waals surface area contributed by atoms with Crippen LogP contribution in [0.1, 0.15) is 11.3 Å². The fraction of sp³-hybridized carbons (Fsp3) is 0.0870. The van der Waals surface area contributed by atoms with Crippen molar-refractivity contribution >= 4 is 28.4 Å². The standard InChI is InChI=1S/C23H18F3N5O2/c24-23(25,26)14-1-3-15(4-2-14)30-22(32)31-16-5-7-18(8-6-16)33-19-9-10-20-21(11-19)29-17(12-27)13-28-20/h1-11,13H,12,27H2,(H2,30,31,32). The lowest BCUT2D eigenvalue weighted by Crippen LogP contribution is -2.19. The predicted octanol–water partition coefficient (Wildman–Crippen LogP) is 5.54. The largest absolute Gasteiger partial charge is 0.457 e. The molecule has 0 spiro atoms. The van der Waals surface area contributed by atoms with E-state index in [1.54, 1.807) is 48.7 Å². The summed E-state index contributed by atoms with van der Waals surface area (Å²) < 4.78 is 43.7. The van der Waals surface area contributed by atoms with E-state index in [-0.39, 0.29) is 12.2 Å². The third kappa shape index (κ3) is 5.55. The average Bonchev–Trinajstić information content (AvgIpc) is 2.79. The number of anilines is 2. The number of halogens is 3. The van der Waals surface area contributed by atoms with Crippen molar-refractivity contribution in [3.05, 3.63) is 84.2 Å². The van der Waals surface area contributed by atoms with Crippen molar-refractivity contribution in [2.45, 2.75) is 12.7 Å². The van der Waals surface area contributed by atoms with Gasteiger partial charge in [-0.25, -0.2) is 9.78 Å². The number of ether oxygens (including phenoxy) is 1. The molecular formula is C23H18F3N5O2. The molecule has 4 rings (SSSR count). The Morgan fingerprint density at radius 3 is 2.09 bits per heavy atom. The van der Waals surface area contributed by atoms with Crippen LogP contribution >= 0.6 is 0 Å². The zero-order valence-corrected chi connectivity index (χ0v) is 17.1. The molecule has 7 nitrogen and oxygen atoms in total. The zero-order valence-electron chi connectivity index (χ0n) is 17.1. The molecule has 0 atom stereocenters. The van der Waals surface area contributed by atoms with Gasteiger partial charge in [-0.1, -0.05) is 0 Å². The molecule has 0 unspecified atom stereocenters. The van der Waals surface area contributed by atoms with E-state index in [2.05, 4.69) is 20.6 Å². The van der Waals surface area contributed by atoms with E-state index in [0.717, 1.165) is 17.6 Å². The van der Waals surface area contributed by atoms with Crippen molar-refractivity contribution in [2.75, 3.05) is 10.6 Å². The molecule has 0 saturated heterocycles. The Morgan fingerprint density at radius 1 is 0.879 bits per heavy atom. The summed E-state index contributed by atoms with van der Waals surface area (Å²) in [5, 5.41) is 5.08. The number of hydrogen-bond donors (Lipinski definition) is 3. The first-order chi connectivity index (χ1) is 15.8. The van der Waals surface area contributed by atoms with Gasteiger partial charge in [0.15, 0.2) is 0 Å². The highest BCUT2D eigenvalue weighted by atomic mass is 19.4. The molecule has 0 bridgehead atoms. The maximum Gasteiger partial charge on any atom is 0.416 e. The second-order valence-corrected chi connectivity index (χ2v) is 7.00. The number of hydrogen-bond acceptors (Lipinski definition) is 5. The first-order valence-electron chi connectivity index (χ1n) is 9.79. The van der Waals surface area contributed by atoms with E-state index < -0.39 is 17.8 Å². The van der Waals surface area contributed by atoms with Crippen LogP contribution in [0.15, 0.2) is 72.9 Å². The molecule has 33 heavy (non-hydrogen) atoms. The number of nitrogens with one attached hydrogen (secondary N) is 2. The van der Waals surface area contributed by atoms with Crippen molar-refractivity contribution < 1.29 is 22.7 Å². The van der Waals surface area contributed by atoms with Gasteiger partial charge in [0.2, 0.25) is 0 Å². The summed E-state index contributed by atoms with van der Waals surface area (Å²) in [4.78, 5) is 20.8. The smallest absolute Gasteiger partial charge is 0.416 e. The number of carbonyl (C=O) groups excluding carboxylic acids is 1. The molecule has 10 heteroatoms. The van der Waals surface area contributed by atoms with Gasteiger partial charge in [-0.3, -0.25) is 4.98 Å². The highest BCUT2D eigenvalue weighted by Gasteiger charge is 2.29. The number of amides is 2. The van der Waals surface area contributed by atoms with Crippen LogP contribution in [0.3, 0.4) is 0 Å². The first-order valence-corrected chi connectivity index (χ1v) is 9.79. The molecule has 0 radical (unpaired) electrons. The minimum atomic E-state index is -4.43. The molecule has 1 aromatic heterocycles. The van der Waals surface area contributed by atoms with Crippen molar-refractivity contribution in [1.29, 1.82) is 0 Å². The summed E-state index contributed by atoms with van der Waals surface area (Å²) in [7, 11) is 0. The third-order valence-electron chi connectivity index (χ3n) is 4.59. The van der Waals surface area contributed by atoms with E-state index in [0.29, 0.717) is 28.4 Å². The monoisotopic (exact) mass is 453 g/mol. The minimum Gasteiger partial charge on any atom is -0.457 e. The Labute approximate surface area is 186 Å². The van der Waals surface area contributed by atoms with Gasteiger partial charge < -0.3 is 21.1 Å². The fourth-order valence-corrected chi connectivity index (χ4v) is 2.97. The molecular weight excluding hydrogens is 435 g/mol. The van der Waals surface area contributed by atoms with Crippen LogP contribution in [0, 0.1) is 0 Å². The minimum absolute atomic E-state index is 0.234. The fourth-order valence-electron chi connectivity index (χ4n) is 2.97. The van der Waals surface area contributed by atoms with Crippen LogP contribution in [-0.4, -0.2) is 16.0 Å². The quantitative estimate of drug-likeness (QED) is 0.368. The number of nitrogens with zero attached hydrogens (tertiary/aromatic N) is 2. The molecule has 4 N–H and O–H groups in total. The lowest BCUT2D eigenvalue weighted by Gasteiger charge is -2.11. The maximum atomic E-state index is 12.6. The van der Waals surface area contributed by atoms with Crippen LogP contribution < -0.4 is 21.1 Å². The lowest BCUT2D eigenvalue weighted by molar-refractivity contribution is -0.137. The van der Waals surface area contributed by atoms with Gasteiger partial charge in [-0.2, -0.15) is 13.2 Å². The highest BCUT2D eigenvalue weighted by molar-refractivity contribution is 5.99. The van der Waals surface area contributed by atoms with Gasteiger partial charge in [0.25, 0.3) is 0 Å². The second-order valence-electron chi connectivity index (χ2n) is 7.00. The molecule has 168 valence electrons. The summed E-state index contributed by atoms with van der Waals surface area (Å²) in [5.74, 6) is 1.10. The van der Waals surface area contributed by atoms with E-state index in [9.17, 15) is 18.0 Å². The van der Waals surface area contributed by atoms with Crippen molar-refractivity contribution in [3.63, 3.8) is 0 Å². The third-order valence-corrected chi connectivity index (χ3v) is 4.59. The second kappa shape index (κ2) is 9.13. The summed E-state index contributed by atoms with van der Waals surface area (Å²) >= 11 is 0. The number of carbonyl (C=O) groups is 1. The Morgan fingerprint density at radius 2 is 1.48 bits per heavy atom. The van der Waals surface area contributed by atoms with Crippen LogP contribution in [-0.2, 0) is 12.7 Å². The van der Waals surface area contributed by atoms with Gasteiger partial charge in [0.05, 0.1) is 28.5 Å². The molecule has 1 heterocycles. The molecule has 0 fully saturated rings. The molecule has 0 aliphatic carbocycles. The molecule has 0 saturated carbocycles. The van der Waals surface area contributed by atoms with E-state index in [1.165, 1.54) is 12.1 Å². The number of aromatic nitrogens is 2. The van der Waals surface area contributed by atoms with Gasteiger partial charge in [-0.15, -0.1) is 0 Å². The van der Waals surface area contributed by atoms with Gasteiger partial charge in [-0.05, 0) is 60.7 Å². The Bertz CT molecular complexity index is 1280. The number of benzene rings is 3. The summed E-state index contributed by atoms with van der Waals surface area (Å²) in [6, 6.07) is 15.5. The van der Waals surface area contributed by atoms with Crippen LogP contribution in [0.4, 0.5) is 29.3 Å². The van der Waals surface area contributed by atoms with Gasteiger partial charge >= 0.3 is 12.2 Å². The van der Waals surface area contributed by atoms with E-state index >= 15 is 0 Å². The molecule has 2 amide bonds. The summed E-state index contributed by atoms with van der Waals surface area (Å²) in [5.41, 5.74) is 7.58. The number of alkyl halides is 3. The molecule has 0 aliphatic rings.